The quantitative estimate of drug-likeness (QED) is 0.877. The third-order valence-corrected chi connectivity index (χ3v) is 3.99. The van der Waals surface area contributed by atoms with E-state index in [1.807, 2.05) is 25.1 Å². The van der Waals surface area contributed by atoms with Gasteiger partial charge in [-0.05, 0) is 36.1 Å². The predicted molar refractivity (Wildman–Crippen MR) is 77.0 cm³/mol. The topological polar surface area (TPSA) is 32.3 Å². The summed E-state index contributed by atoms with van der Waals surface area (Å²) in [6.07, 6.45) is -0.526. The summed E-state index contributed by atoms with van der Waals surface area (Å²) in [6, 6.07) is 11.4. The normalized spacial score (nSPS) is 14.4. The molecule has 0 amide bonds. The third-order valence-electron chi connectivity index (χ3n) is 2.86. The summed E-state index contributed by atoms with van der Waals surface area (Å²) in [5, 5.41) is 16.3. The first kappa shape index (κ1) is 13.6. The van der Waals surface area contributed by atoms with Crippen molar-refractivity contribution in [2.45, 2.75) is 25.6 Å². The maximum atomic E-state index is 10.2. The van der Waals surface area contributed by atoms with Crippen molar-refractivity contribution in [2.75, 3.05) is 0 Å². The molecule has 1 aromatic heterocycles. The van der Waals surface area contributed by atoms with Crippen molar-refractivity contribution in [3.05, 3.63) is 57.2 Å². The summed E-state index contributed by atoms with van der Waals surface area (Å²) in [4.78, 5) is 1.27. The van der Waals surface area contributed by atoms with E-state index in [4.69, 9.17) is 11.6 Å². The van der Waals surface area contributed by atoms with Crippen LogP contribution in [0.15, 0.2) is 41.8 Å². The molecular weight excluding hydrogens is 266 g/mol. The molecule has 0 fully saturated rings. The molecule has 1 heterocycles. The summed E-state index contributed by atoms with van der Waals surface area (Å²) in [7, 11) is 0. The van der Waals surface area contributed by atoms with Gasteiger partial charge in [-0.1, -0.05) is 29.8 Å². The first-order chi connectivity index (χ1) is 8.66. The summed E-state index contributed by atoms with van der Waals surface area (Å²) >= 11 is 7.54. The molecule has 2 unspecified atom stereocenters. The van der Waals surface area contributed by atoms with Gasteiger partial charge >= 0.3 is 0 Å². The Morgan fingerprint density at radius 1 is 1.28 bits per heavy atom. The second kappa shape index (κ2) is 6.34. The van der Waals surface area contributed by atoms with Crippen LogP contribution in [0.5, 0.6) is 0 Å². The molecule has 96 valence electrons. The molecule has 0 aliphatic heterocycles. The van der Waals surface area contributed by atoms with Crippen molar-refractivity contribution >= 4 is 22.9 Å². The minimum atomic E-state index is -0.526. The van der Waals surface area contributed by atoms with E-state index in [-0.39, 0.29) is 6.04 Å². The van der Waals surface area contributed by atoms with E-state index in [9.17, 15) is 5.11 Å². The van der Waals surface area contributed by atoms with Crippen LogP contribution in [0.3, 0.4) is 0 Å². The zero-order valence-corrected chi connectivity index (χ0v) is 11.7. The number of rotatable bonds is 5. The zero-order chi connectivity index (χ0) is 13.0. The number of hydrogen-bond acceptors (Lipinski definition) is 3. The van der Waals surface area contributed by atoms with Crippen molar-refractivity contribution in [2.24, 2.45) is 0 Å². The Kier molecular flexibility index (Phi) is 4.78. The van der Waals surface area contributed by atoms with Crippen LogP contribution in [0.4, 0.5) is 0 Å². The van der Waals surface area contributed by atoms with Crippen molar-refractivity contribution in [1.82, 2.24) is 5.32 Å². The molecule has 4 heteroatoms. The Labute approximate surface area is 116 Å². The van der Waals surface area contributed by atoms with Crippen LogP contribution in [-0.4, -0.2) is 11.1 Å². The smallest absolute Gasteiger partial charge is 0.0940 e. The van der Waals surface area contributed by atoms with Gasteiger partial charge in [-0.2, -0.15) is 0 Å². The fraction of sp³-hybridized carbons (Fsp3) is 0.286. The molecule has 0 spiro atoms. The van der Waals surface area contributed by atoms with Crippen LogP contribution >= 0.6 is 22.9 Å². The van der Waals surface area contributed by atoms with Crippen LogP contribution in [0.2, 0.25) is 5.02 Å². The predicted octanol–water partition coefficient (Wildman–Crippen LogP) is 3.61. The van der Waals surface area contributed by atoms with Gasteiger partial charge < -0.3 is 10.4 Å². The molecular formula is C14H16ClNOS. The van der Waals surface area contributed by atoms with Gasteiger partial charge in [-0.3, -0.25) is 0 Å². The molecule has 2 rings (SSSR count). The largest absolute Gasteiger partial charge is 0.387 e. The summed E-state index contributed by atoms with van der Waals surface area (Å²) in [6.45, 7) is 2.76. The van der Waals surface area contributed by atoms with Gasteiger partial charge in [0.15, 0.2) is 0 Å². The lowest BCUT2D eigenvalue weighted by molar-refractivity contribution is 0.135. The van der Waals surface area contributed by atoms with Gasteiger partial charge in [-0.15, -0.1) is 11.3 Å². The van der Waals surface area contributed by atoms with Crippen LogP contribution in [0.25, 0.3) is 0 Å². The van der Waals surface area contributed by atoms with E-state index in [2.05, 4.69) is 16.8 Å². The van der Waals surface area contributed by atoms with Crippen LogP contribution < -0.4 is 5.32 Å². The number of benzene rings is 1. The highest BCUT2D eigenvalue weighted by atomic mass is 35.5. The molecule has 2 nitrogen and oxygen atoms in total. The van der Waals surface area contributed by atoms with Crippen molar-refractivity contribution in [3.63, 3.8) is 0 Å². The van der Waals surface area contributed by atoms with Gasteiger partial charge in [0.2, 0.25) is 0 Å². The Morgan fingerprint density at radius 2 is 2.00 bits per heavy atom. The zero-order valence-electron chi connectivity index (χ0n) is 10.1. The molecule has 0 aliphatic carbocycles. The fourth-order valence-corrected chi connectivity index (χ4v) is 2.52. The Hall–Kier alpha value is -0.870. The third kappa shape index (κ3) is 3.56. The average Bonchev–Trinajstić information content (AvgIpc) is 2.89. The number of nitrogens with one attached hydrogen (secondary N) is 1. The molecule has 18 heavy (non-hydrogen) atoms. The number of hydrogen-bond donors (Lipinski definition) is 2. The monoisotopic (exact) mass is 281 g/mol. The van der Waals surface area contributed by atoms with E-state index >= 15 is 0 Å². The van der Waals surface area contributed by atoms with Gasteiger partial charge in [0, 0.05) is 22.5 Å². The molecule has 2 aromatic rings. The molecule has 0 saturated heterocycles. The van der Waals surface area contributed by atoms with E-state index < -0.39 is 6.10 Å². The molecule has 0 radical (unpaired) electrons. The number of aliphatic hydroxyl groups excluding tert-OH is 1. The highest BCUT2D eigenvalue weighted by Gasteiger charge is 2.15. The van der Waals surface area contributed by atoms with Crippen LogP contribution in [0, 0.1) is 0 Å². The first-order valence-corrected chi connectivity index (χ1v) is 7.12. The SMILES string of the molecule is CC(NCc1cccs1)C(O)c1ccc(Cl)cc1. The lowest BCUT2D eigenvalue weighted by atomic mass is 10.0. The van der Waals surface area contributed by atoms with Gasteiger partial charge in [0.25, 0.3) is 0 Å². The van der Waals surface area contributed by atoms with Gasteiger partial charge in [-0.25, -0.2) is 0 Å². The first-order valence-electron chi connectivity index (χ1n) is 5.86. The minimum absolute atomic E-state index is 0.00623. The standard InChI is InChI=1S/C14H16ClNOS/c1-10(16-9-13-3-2-8-18-13)14(17)11-4-6-12(15)7-5-11/h2-8,10,14,16-17H,9H2,1H3. The summed E-state index contributed by atoms with van der Waals surface area (Å²) in [5.74, 6) is 0. The second-order valence-corrected chi connectivity index (χ2v) is 5.71. The van der Waals surface area contributed by atoms with Crippen molar-refractivity contribution < 1.29 is 5.11 Å². The highest BCUT2D eigenvalue weighted by Crippen LogP contribution is 2.19. The highest BCUT2D eigenvalue weighted by molar-refractivity contribution is 7.09. The number of aliphatic hydroxyl groups is 1. The average molecular weight is 282 g/mol. The van der Waals surface area contributed by atoms with Gasteiger partial charge in [0.1, 0.15) is 0 Å². The van der Waals surface area contributed by atoms with Crippen LogP contribution in [0.1, 0.15) is 23.5 Å². The van der Waals surface area contributed by atoms with Gasteiger partial charge in [0.05, 0.1) is 6.10 Å². The lowest BCUT2D eigenvalue weighted by Gasteiger charge is -2.20. The Balaban J connectivity index is 1.91. The summed E-state index contributed by atoms with van der Waals surface area (Å²) < 4.78 is 0. The fourth-order valence-electron chi connectivity index (χ4n) is 1.74. The molecule has 2 atom stereocenters. The molecule has 0 bridgehead atoms. The Bertz CT molecular complexity index is 469. The summed E-state index contributed by atoms with van der Waals surface area (Å²) in [5.41, 5.74) is 0.880. The van der Waals surface area contributed by atoms with E-state index in [0.29, 0.717) is 5.02 Å². The van der Waals surface area contributed by atoms with E-state index in [0.717, 1.165) is 12.1 Å². The number of halogens is 1. The maximum absolute atomic E-state index is 10.2. The lowest BCUT2D eigenvalue weighted by Crippen LogP contribution is -2.31. The molecule has 1 aromatic carbocycles. The van der Waals surface area contributed by atoms with Crippen molar-refractivity contribution in [1.29, 1.82) is 0 Å². The molecule has 0 aliphatic rings. The maximum Gasteiger partial charge on any atom is 0.0940 e. The number of thiophene rings is 1. The van der Waals surface area contributed by atoms with E-state index in [1.54, 1.807) is 23.5 Å². The molecule has 0 saturated carbocycles. The Morgan fingerprint density at radius 3 is 2.61 bits per heavy atom. The van der Waals surface area contributed by atoms with E-state index in [1.165, 1.54) is 4.88 Å². The second-order valence-electron chi connectivity index (χ2n) is 4.25. The molecule has 2 N–H and O–H groups in total. The van der Waals surface area contributed by atoms with Crippen molar-refractivity contribution in [3.8, 4) is 0 Å². The van der Waals surface area contributed by atoms with Crippen LogP contribution in [-0.2, 0) is 6.54 Å². The minimum Gasteiger partial charge on any atom is -0.387 e.